The van der Waals surface area contributed by atoms with Crippen LogP contribution in [-0.4, -0.2) is 16.7 Å². The lowest BCUT2D eigenvalue weighted by atomic mass is 10.0. The van der Waals surface area contributed by atoms with Crippen LogP contribution in [0, 0.1) is 5.92 Å². The Kier molecular flexibility index (Phi) is 5.32. The minimum absolute atomic E-state index is 0.815. The summed E-state index contributed by atoms with van der Waals surface area (Å²) in [7, 11) is 0. The van der Waals surface area contributed by atoms with E-state index in [1.165, 1.54) is 29.5 Å². The molecule has 3 N–H and O–H groups in total. The van der Waals surface area contributed by atoms with Gasteiger partial charge in [0.05, 0.1) is 5.69 Å². The zero-order chi connectivity index (χ0) is 20.2. The van der Waals surface area contributed by atoms with E-state index >= 15 is 0 Å². The van der Waals surface area contributed by atoms with E-state index in [9.17, 15) is 0 Å². The SMILES string of the molecule is c1ccc(-c2cccc(-c3cc(Nc4ccc(CNCC5CC5)cc4)n[nH]3)c2)cc1. The highest BCUT2D eigenvalue weighted by Crippen LogP contribution is 2.28. The molecule has 4 aromatic rings. The molecule has 1 fully saturated rings. The third kappa shape index (κ3) is 4.61. The van der Waals surface area contributed by atoms with Gasteiger partial charge >= 0.3 is 0 Å². The highest BCUT2D eigenvalue weighted by atomic mass is 15.2. The van der Waals surface area contributed by atoms with E-state index in [1.54, 1.807) is 0 Å². The first-order valence-electron chi connectivity index (χ1n) is 10.6. The zero-order valence-corrected chi connectivity index (χ0v) is 16.9. The van der Waals surface area contributed by atoms with Gasteiger partial charge in [-0.2, -0.15) is 5.10 Å². The van der Waals surface area contributed by atoms with Crippen molar-refractivity contribution < 1.29 is 0 Å². The molecule has 0 unspecified atom stereocenters. The van der Waals surface area contributed by atoms with Gasteiger partial charge in [0.15, 0.2) is 5.82 Å². The third-order valence-electron chi connectivity index (χ3n) is 5.54. The van der Waals surface area contributed by atoms with E-state index in [1.807, 2.05) is 6.07 Å². The van der Waals surface area contributed by atoms with Crippen molar-refractivity contribution in [2.24, 2.45) is 5.92 Å². The highest BCUT2D eigenvalue weighted by Gasteiger charge is 2.20. The number of aromatic nitrogens is 2. The number of H-pyrrole nitrogens is 1. The van der Waals surface area contributed by atoms with Gasteiger partial charge in [0.2, 0.25) is 0 Å². The molecule has 0 spiro atoms. The van der Waals surface area contributed by atoms with Gasteiger partial charge in [-0.25, -0.2) is 0 Å². The summed E-state index contributed by atoms with van der Waals surface area (Å²) in [6, 6.07) is 29.5. The number of benzene rings is 3. The van der Waals surface area contributed by atoms with Crippen LogP contribution in [-0.2, 0) is 6.54 Å². The summed E-state index contributed by atoms with van der Waals surface area (Å²) in [5.74, 6) is 1.72. The van der Waals surface area contributed by atoms with Gasteiger partial charge in [0.1, 0.15) is 0 Å². The van der Waals surface area contributed by atoms with Crippen molar-refractivity contribution in [2.75, 3.05) is 11.9 Å². The molecule has 1 aliphatic rings. The molecule has 1 heterocycles. The highest BCUT2D eigenvalue weighted by molar-refractivity contribution is 5.73. The quantitative estimate of drug-likeness (QED) is 0.344. The topological polar surface area (TPSA) is 52.7 Å². The molecule has 150 valence electrons. The van der Waals surface area contributed by atoms with E-state index in [-0.39, 0.29) is 0 Å². The Balaban J connectivity index is 1.24. The number of rotatable bonds is 8. The van der Waals surface area contributed by atoms with Crippen molar-refractivity contribution in [1.82, 2.24) is 15.5 Å². The summed E-state index contributed by atoms with van der Waals surface area (Å²) in [6.07, 6.45) is 2.77. The van der Waals surface area contributed by atoms with Crippen LogP contribution in [0.3, 0.4) is 0 Å². The zero-order valence-electron chi connectivity index (χ0n) is 16.9. The molecular formula is C26H26N4. The van der Waals surface area contributed by atoms with E-state index in [0.717, 1.165) is 41.8 Å². The summed E-state index contributed by atoms with van der Waals surface area (Å²) in [5.41, 5.74) is 6.87. The number of nitrogens with zero attached hydrogens (tertiary/aromatic N) is 1. The number of nitrogens with one attached hydrogen (secondary N) is 3. The second kappa shape index (κ2) is 8.56. The van der Waals surface area contributed by atoms with Crippen LogP contribution in [0.5, 0.6) is 0 Å². The van der Waals surface area contributed by atoms with Crippen molar-refractivity contribution in [3.8, 4) is 22.4 Å². The normalized spacial score (nSPS) is 13.3. The summed E-state index contributed by atoms with van der Waals surface area (Å²) in [4.78, 5) is 0. The Morgan fingerprint density at radius 3 is 2.37 bits per heavy atom. The molecular weight excluding hydrogens is 368 g/mol. The number of anilines is 2. The minimum atomic E-state index is 0.815. The van der Waals surface area contributed by atoms with Crippen LogP contribution in [0.1, 0.15) is 18.4 Å². The first-order chi connectivity index (χ1) is 14.8. The monoisotopic (exact) mass is 394 g/mol. The maximum absolute atomic E-state index is 4.44. The third-order valence-corrected chi connectivity index (χ3v) is 5.54. The van der Waals surface area contributed by atoms with Gasteiger partial charge in [-0.15, -0.1) is 0 Å². The smallest absolute Gasteiger partial charge is 0.152 e. The summed E-state index contributed by atoms with van der Waals surface area (Å²) in [5, 5.41) is 14.5. The van der Waals surface area contributed by atoms with E-state index in [2.05, 4.69) is 99.7 Å². The van der Waals surface area contributed by atoms with Crippen molar-refractivity contribution in [3.63, 3.8) is 0 Å². The Labute approximate surface area is 177 Å². The summed E-state index contributed by atoms with van der Waals surface area (Å²) in [6.45, 7) is 2.07. The molecule has 1 saturated carbocycles. The maximum Gasteiger partial charge on any atom is 0.152 e. The minimum Gasteiger partial charge on any atom is -0.339 e. The van der Waals surface area contributed by atoms with Crippen molar-refractivity contribution in [2.45, 2.75) is 19.4 Å². The summed E-state index contributed by atoms with van der Waals surface area (Å²) >= 11 is 0. The van der Waals surface area contributed by atoms with Gasteiger partial charge in [-0.3, -0.25) is 5.10 Å². The number of aromatic amines is 1. The molecule has 3 aromatic carbocycles. The largest absolute Gasteiger partial charge is 0.339 e. The molecule has 5 rings (SSSR count). The Morgan fingerprint density at radius 1 is 0.800 bits per heavy atom. The fraction of sp³-hybridized carbons (Fsp3) is 0.192. The lowest BCUT2D eigenvalue weighted by molar-refractivity contribution is 0.639. The van der Waals surface area contributed by atoms with Gasteiger partial charge in [-0.05, 0) is 60.2 Å². The molecule has 0 amide bonds. The lowest BCUT2D eigenvalue weighted by Gasteiger charge is -2.06. The fourth-order valence-electron chi connectivity index (χ4n) is 3.63. The molecule has 0 bridgehead atoms. The second-order valence-corrected chi connectivity index (χ2v) is 8.01. The van der Waals surface area contributed by atoms with Crippen LogP contribution < -0.4 is 10.6 Å². The van der Waals surface area contributed by atoms with E-state index < -0.39 is 0 Å². The van der Waals surface area contributed by atoms with Gasteiger partial charge in [0, 0.05) is 23.9 Å². The maximum atomic E-state index is 4.44. The second-order valence-electron chi connectivity index (χ2n) is 8.01. The average Bonchev–Trinajstić information content (AvgIpc) is 3.51. The van der Waals surface area contributed by atoms with Crippen LogP contribution >= 0.6 is 0 Å². The Bertz CT molecular complexity index is 1100. The van der Waals surface area contributed by atoms with Gasteiger partial charge < -0.3 is 10.6 Å². The standard InChI is InChI=1S/C26H26N4/c1-2-5-21(6-3-1)22-7-4-8-23(15-22)25-16-26(30-29-25)28-24-13-11-20(12-14-24)18-27-17-19-9-10-19/h1-8,11-16,19,27H,9-10,17-18H2,(H2,28,29,30). The number of hydrogen-bond acceptors (Lipinski definition) is 3. The first-order valence-corrected chi connectivity index (χ1v) is 10.6. The van der Waals surface area contributed by atoms with E-state index in [4.69, 9.17) is 0 Å². The fourth-order valence-corrected chi connectivity index (χ4v) is 3.63. The van der Waals surface area contributed by atoms with Gasteiger partial charge in [0.25, 0.3) is 0 Å². The van der Waals surface area contributed by atoms with Crippen molar-refractivity contribution >= 4 is 11.5 Å². The van der Waals surface area contributed by atoms with Crippen molar-refractivity contribution in [3.05, 3.63) is 90.5 Å². The molecule has 0 aliphatic heterocycles. The predicted molar refractivity (Wildman–Crippen MR) is 124 cm³/mol. The van der Waals surface area contributed by atoms with E-state index in [0.29, 0.717) is 0 Å². The van der Waals surface area contributed by atoms with Crippen LogP contribution in [0.25, 0.3) is 22.4 Å². The summed E-state index contributed by atoms with van der Waals surface area (Å²) < 4.78 is 0. The Hall–Kier alpha value is -3.37. The van der Waals surface area contributed by atoms with Gasteiger partial charge in [-0.1, -0.05) is 60.7 Å². The number of hydrogen-bond donors (Lipinski definition) is 3. The first kappa shape index (κ1) is 18.6. The van der Waals surface area contributed by atoms with Crippen LogP contribution in [0.2, 0.25) is 0 Å². The Morgan fingerprint density at radius 2 is 1.57 bits per heavy atom. The lowest BCUT2D eigenvalue weighted by Crippen LogP contribution is -2.15. The molecule has 30 heavy (non-hydrogen) atoms. The molecule has 4 nitrogen and oxygen atoms in total. The molecule has 4 heteroatoms. The molecule has 0 atom stereocenters. The van der Waals surface area contributed by atoms with Crippen molar-refractivity contribution in [1.29, 1.82) is 0 Å². The van der Waals surface area contributed by atoms with Crippen LogP contribution in [0.15, 0.2) is 84.9 Å². The molecule has 1 aromatic heterocycles. The van der Waals surface area contributed by atoms with Crippen LogP contribution in [0.4, 0.5) is 11.5 Å². The predicted octanol–water partition coefficient (Wildman–Crippen LogP) is 5.99. The molecule has 0 radical (unpaired) electrons. The average molecular weight is 395 g/mol. The molecule has 0 saturated heterocycles. The molecule has 1 aliphatic carbocycles.